The molecular formula is C15H21F3N2. The minimum Gasteiger partial charge on any atom is -0.382 e. The van der Waals surface area contributed by atoms with Gasteiger partial charge in [-0.15, -0.1) is 0 Å². The van der Waals surface area contributed by atoms with Gasteiger partial charge in [0, 0.05) is 24.8 Å². The van der Waals surface area contributed by atoms with Crippen molar-refractivity contribution in [2.24, 2.45) is 0 Å². The summed E-state index contributed by atoms with van der Waals surface area (Å²) in [5, 5.41) is 3.44. The van der Waals surface area contributed by atoms with E-state index in [4.69, 9.17) is 0 Å². The van der Waals surface area contributed by atoms with Gasteiger partial charge in [0.1, 0.15) is 0 Å². The smallest absolute Gasteiger partial charge is 0.382 e. The van der Waals surface area contributed by atoms with Crippen molar-refractivity contribution in [3.63, 3.8) is 0 Å². The SMILES string of the molecule is Cc1cc(C)cc(NC2CCN(CC(F)(F)F)CC2)c1. The Morgan fingerprint density at radius 1 is 1.10 bits per heavy atom. The molecule has 1 aliphatic rings. The zero-order valence-corrected chi connectivity index (χ0v) is 11.9. The Kier molecular flexibility index (Phi) is 4.58. The quantitative estimate of drug-likeness (QED) is 0.910. The molecule has 0 radical (unpaired) electrons. The number of nitrogens with zero attached hydrogens (tertiary/aromatic N) is 1. The van der Waals surface area contributed by atoms with Gasteiger partial charge in [0.15, 0.2) is 0 Å². The standard InChI is InChI=1S/C15H21F3N2/c1-11-7-12(2)9-14(8-11)19-13-3-5-20(6-4-13)10-15(16,17)18/h7-9,13,19H,3-6,10H2,1-2H3. The monoisotopic (exact) mass is 286 g/mol. The molecule has 1 aliphatic heterocycles. The summed E-state index contributed by atoms with van der Waals surface area (Å²) < 4.78 is 36.9. The molecule has 0 spiro atoms. The molecule has 1 fully saturated rings. The summed E-state index contributed by atoms with van der Waals surface area (Å²) in [4.78, 5) is 1.49. The van der Waals surface area contributed by atoms with Gasteiger partial charge in [-0.2, -0.15) is 13.2 Å². The third kappa shape index (κ3) is 4.71. The minimum absolute atomic E-state index is 0.265. The van der Waals surface area contributed by atoms with Crippen LogP contribution in [0.4, 0.5) is 18.9 Å². The maximum absolute atomic E-state index is 12.3. The van der Waals surface area contributed by atoms with E-state index in [2.05, 4.69) is 23.5 Å². The number of benzene rings is 1. The molecule has 1 aromatic carbocycles. The fraction of sp³-hybridized carbons (Fsp3) is 0.600. The molecule has 5 heteroatoms. The summed E-state index contributed by atoms with van der Waals surface area (Å²) >= 11 is 0. The van der Waals surface area contributed by atoms with Crippen molar-refractivity contribution in [2.75, 3.05) is 25.0 Å². The van der Waals surface area contributed by atoms with Gasteiger partial charge in [0.2, 0.25) is 0 Å². The average Bonchev–Trinajstić information content (AvgIpc) is 2.28. The maximum Gasteiger partial charge on any atom is 0.401 e. The largest absolute Gasteiger partial charge is 0.401 e. The molecule has 0 aliphatic carbocycles. The number of hydrogen-bond acceptors (Lipinski definition) is 2. The van der Waals surface area contributed by atoms with Gasteiger partial charge in [0.05, 0.1) is 6.54 Å². The van der Waals surface area contributed by atoms with E-state index in [-0.39, 0.29) is 6.04 Å². The number of halogens is 3. The fourth-order valence-corrected chi connectivity index (χ4v) is 2.78. The molecule has 20 heavy (non-hydrogen) atoms. The lowest BCUT2D eigenvalue weighted by atomic mass is 10.0. The molecule has 1 heterocycles. The first kappa shape index (κ1) is 15.2. The van der Waals surface area contributed by atoms with Crippen LogP contribution in [0.15, 0.2) is 18.2 Å². The highest BCUT2D eigenvalue weighted by Crippen LogP contribution is 2.22. The summed E-state index contributed by atoms with van der Waals surface area (Å²) in [6.45, 7) is 4.31. The Labute approximate surface area is 118 Å². The lowest BCUT2D eigenvalue weighted by molar-refractivity contribution is -0.147. The molecule has 2 nitrogen and oxygen atoms in total. The van der Waals surface area contributed by atoms with Crippen molar-refractivity contribution < 1.29 is 13.2 Å². The van der Waals surface area contributed by atoms with Crippen LogP contribution in [-0.4, -0.2) is 36.8 Å². The number of rotatable bonds is 3. The summed E-state index contributed by atoms with van der Waals surface area (Å²) in [6, 6.07) is 6.53. The van der Waals surface area contributed by atoms with Gasteiger partial charge in [-0.05, 0) is 49.9 Å². The van der Waals surface area contributed by atoms with E-state index in [0.717, 1.165) is 18.5 Å². The van der Waals surface area contributed by atoms with Crippen LogP contribution in [0.1, 0.15) is 24.0 Å². The number of hydrogen-bond donors (Lipinski definition) is 1. The van der Waals surface area contributed by atoms with E-state index in [1.807, 2.05) is 13.8 Å². The number of nitrogens with one attached hydrogen (secondary N) is 1. The molecule has 0 unspecified atom stereocenters. The van der Waals surface area contributed by atoms with E-state index >= 15 is 0 Å². The maximum atomic E-state index is 12.3. The normalized spacial score (nSPS) is 18.2. The topological polar surface area (TPSA) is 15.3 Å². The number of alkyl halides is 3. The second-order valence-corrected chi connectivity index (χ2v) is 5.69. The van der Waals surface area contributed by atoms with Crippen molar-refractivity contribution in [1.29, 1.82) is 0 Å². The zero-order valence-electron chi connectivity index (χ0n) is 11.9. The molecule has 2 rings (SSSR count). The summed E-state index contributed by atoms with van der Waals surface area (Å²) in [6.07, 6.45) is -2.58. The van der Waals surface area contributed by atoms with Gasteiger partial charge in [-0.3, -0.25) is 4.90 Å². The van der Waals surface area contributed by atoms with Gasteiger partial charge < -0.3 is 5.32 Å². The fourth-order valence-electron chi connectivity index (χ4n) is 2.78. The first-order valence-electron chi connectivity index (χ1n) is 6.96. The Bertz CT molecular complexity index is 429. The van der Waals surface area contributed by atoms with Crippen LogP contribution in [0.3, 0.4) is 0 Å². The Hall–Kier alpha value is -1.23. The van der Waals surface area contributed by atoms with Gasteiger partial charge >= 0.3 is 6.18 Å². The predicted octanol–water partition coefficient (Wildman–Crippen LogP) is 3.74. The van der Waals surface area contributed by atoms with Crippen LogP contribution in [0, 0.1) is 13.8 Å². The van der Waals surface area contributed by atoms with Crippen LogP contribution in [0.5, 0.6) is 0 Å². The number of piperidine rings is 1. The van der Waals surface area contributed by atoms with Crippen LogP contribution < -0.4 is 5.32 Å². The molecule has 0 aromatic heterocycles. The van der Waals surface area contributed by atoms with E-state index in [1.165, 1.54) is 16.0 Å². The van der Waals surface area contributed by atoms with Crippen molar-refractivity contribution >= 4 is 5.69 Å². The molecule has 1 N–H and O–H groups in total. The minimum atomic E-state index is -4.09. The van der Waals surface area contributed by atoms with Crippen molar-refractivity contribution in [2.45, 2.75) is 38.9 Å². The van der Waals surface area contributed by atoms with Gasteiger partial charge in [-0.25, -0.2) is 0 Å². The van der Waals surface area contributed by atoms with Crippen LogP contribution >= 0.6 is 0 Å². The lowest BCUT2D eigenvalue weighted by Gasteiger charge is -2.33. The number of anilines is 1. The highest BCUT2D eigenvalue weighted by molar-refractivity contribution is 5.49. The molecular weight excluding hydrogens is 265 g/mol. The Morgan fingerprint density at radius 2 is 1.65 bits per heavy atom. The molecule has 0 atom stereocenters. The molecule has 0 saturated carbocycles. The van der Waals surface area contributed by atoms with Gasteiger partial charge in [0.25, 0.3) is 0 Å². The highest BCUT2D eigenvalue weighted by Gasteiger charge is 2.32. The third-order valence-corrected chi connectivity index (χ3v) is 3.58. The van der Waals surface area contributed by atoms with E-state index in [9.17, 15) is 13.2 Å². The Balaban J connectivity index is 1.85. The summed E-state index contributed by atoms with van der Waals surface area (Å²) in [7, 11) is 0. The Morgan fingerprint density at radius 3 is 2.15 bits per heavy atom. The lowest BCUT2D eigenvalue weighted by Crippen LogP contribution is -2.43. The third-order valence-electron chi connectivity index (χ3n) is 3.58. The van der Waals surface area contributed by atoms with Crippen LogP contribution in [-0.2, 0) is 0 Å². The van der Waals surface area contributed by atoms with Crippen molar-refractivity contribution in [1.82, 2.24) is 4.90 Å². The molecule has 0 bridgehead atoms. The summed E-state index contributed by atoms with van der Waals surface area (Å²) in [5.41, 5.74) is 3.46. The number of likely N-dealkylation sites (tertiary alicyclic amines) is 1. The van der Waals surface area contributed by atoms with E-state index in [1.54, 1.807) is 0 Å². The highest BCUT2D eigenvalue weighted by atomic mass is 19.4. The van der Waals surface area contributed by atoms with Crippen LogP contribution in [0.2, 0.25) is 0 Å². The van der Waals surface area contributed by atoms with Crippen molar-refractivity contribution in [3.05, 3.63) is 29.3 Å². The first-order chi connectivity index (χ1) is 9.32. The average molecular weight is 286 g/mol. The second kappa shape index (κ2) is 6.04. The molecule has 1 aromatic rings. The van der Waals surface area contributed by atoms with Crippen molar-refractivity contribution in [3.8, 4) is 0 Å². The second-order valence-electron chi connectivity index (χ2n) is 5.69. The molecule has 112 valence electrons. The zero-order chi connectivity index (χ0) is 14.8. The molecule has 0 amide bonds. The van der Waals surface area contributed by atoms with E-state index in [0.29, 0.717) is 13.1 Å². The van der Waals surface area contributed by atoms with Gasteiger partial charge in [-0.1, -0.05) is 6.07 Å². The van der Waals surface area contributed by atoms with Crippen LogP contribution in [0.25, 0.3) is 0 Å². The summed E-state index contributed by atoms with van der Waals surface area (Å²) in [5.74, 6) is 0. The predicted molar refractivity (Wildman–Crippen MR) is 75.1 cm³/mol. The number of aryl methyl sites for hydroxylation is 2. The molecule has 1 saturated heterocycles. The van der Waals surface area contributed by atoms with E-state index < -0.39 is 12.7 Å². The first-order valence-corrected chi connectivity index (χ1v) is 6.96.